The molecule has 0 aromatic heterocycles. The molecule has 0 N–H and O–H groups in total. The van der Waals surface area contributed by atoms with E-state index in [1.165, 1.54) is 31.3 Å². The van der Waals surface area contributed by atoms with Gasteiger partial charge in [0.1, 0.15) is 5.78 Å². The van der Waals surface area contributed by atoms with Crippen LogP contribution in [0.4, 0.5) is 0 Å². The van der Waals surface area contributed by atoms with Gasteiger partial charge in [-0.05, 0) is 32.1 Å². The van der Waals surface area contributed by atoms with Crippen molar-refractivity contribution in [2.75, 3.05) is 0 Å². The van der Waals surface area contributed by atoms with Crippen LogP contribution in [-0.4, -0.2) is 5.78 Å². The number of ketones is 1. The van der Waals surface area contributed by atoms with Crippen LogP contribution in [0.25, 0.3) is 0 Å². The Morgan fingerprint density at radius 3 is 2.77 bits per heavy atom. The van der Waals surface area contributed by atoms with E-state index < -0.39 is 0 Å². The van der Waals surface area contributed by atoms with Crippen LogP contribution in [0.15, 0.2) is 11.6 Å². The van der Waals surface area contributed by atoms with Crippen molar-refractivity contribution < 1.29 is 4.79 Å². The molecule has 0 aromatic rings. The standard InChI is InChI=1S/C12H20O/c1-10(2)12(13)9-8-11-6-4-3-5-7-11/h6,10H,3-5,7-9H2,1-2H3. The first-order valence-electron chi connectivity index (χ1n) is 5.41. The molecule has 1 aliphatic rings. The Bertz CT molecular complexity index is 201. The molecule has 0 radical (unpaired) electrons. The molecule has 0 saturated carbocycles. The van der Waals surface area contributed by atoms with E-state index in [0.717, 1.165) is 12.8 Å². The Morgan fingerprint density at radius 2 is 2.23 bits per heavy atom. The largest absolute Gasteiger partial charge is 0.299 e. The molecular weight excluding hydrogens is 160 g/mol. The van der Waals surface area contributed by atoms with E-state index in [-0.39, 0.29) is 5.92 Å². The van der Waals surface area contributed by atoms with E-state index in [1.54, 1.807) is 0 Å². The highest BCUT2D eigenvalue weighted by Crippen LogP contribution is 2.21. The van der Waals surface area contributed by atoms with Gasteiger partial charge in [0.05, 0.1) is 0 Å². The summed E-state index contributed by atoms with van der Waals surface area (Å²) < 4.78 is 0. The summed E-state index contributed by atoms with van der Waals surface area (Å²) in [5.74, 6) is 0.621. The first-order chi connectivity index (χ1) is 6.20. The molecule has 1 nitrogen and oxygen atoms in total. The molecular formula is C12H20O. The predicted octanol–water partition coefficient (Wildman–Crippen LogP) is 3.49. The first kappa shape index (κ1) is 10.5. The number of Topliss-reactive ketones (excluding diaryl/α,β-unsaturated/α-hetero) is 1. The second kappa shape index (κ2) is 5.21. The molecule has 0 aliphatic heterocycles. The number of hydrogen-bond donors (Lipinski definition) is 0. The van der Waals surface area contributed by atoms with Gasteiger partial charge >= 0.3 is 0 Å². The fourth-order valence-electron chi connectivity index (χ4n) is 1.70. The molecule has 1 rings (SSSR count). The molecule has 0 saturated heterocycles. The maximum atomic E-state index is 11.4. The van der Waals surface area contributed by atoms with Crippen LogP contribution in [0, 0.1) is 5.92 Å². The van der Waals surface area contributed by atoms with Crippen LogP contribution in [-0.2, 0) is 4.79 Å². The van der Waals surface area contributed by atoms with E-state index in [4.69, 9.17) is 0 Å². The van der Waals surface area contributed by atoms with Gasteiger partial charge < -0.3 is 0 Å². The Balaban J connectivity index is 2.25. The molecule has 0 unspecified atom stereocenters. The summed E-state index contributed by atoms with van der Waals surface area (Å²) in [4.78, 5) is 11.4. The lowest BCUT2D eigenvalue weighted by Gasteiger charge is -2.12. The highest BCUT2D eigenvalue weighted by Gasteiger charge is 2.09. The molecule has 0 atom stereocenters. The van der Waals surface area contributed by atoms with E-state index in [9.17, 15) is 4.79 Å². The third-order valence-electron chi connectivity index (χ3n) is 2.72. The molecule has 0 bridgehead atoms. The smallest absolute Gasteiger partial charge is 0.135 e. The van der Waals surface area contributed by atoms with Crippen molar-refractivity contribution in [1.82, 2.24) is 0 Å². The fourth-order valence-corrected chi connectivity index (χ4v) is 1.70. The van der Waals surface area contributed by atoms with E-state index in [0.29, 0.717) is 5.78 Å². The van der Waals surface area contributed by atoms with Crippen LogP contribution in [0.5, 0.6) is 0 Å². The normalized spacial score (nSPS) is 17.3. The summed E-state index contributed by atoms with van der Waals surface area (Å²) in [7, 11) is 0. The molecule has 74 valence electrons. The number of allylic oxidation sites excluding steroid dienone is 2. The average molecular weight is 180 g/mol. The minimum Gasteiger partial charge on any atom is -0.299 e. The maximum Gasteiger partial charge on any atom is 0.135 e. The zero-order valence-corrected chi connectivity index (χ0v) is 8.81. The zero-order chi connectivity index (χ0) is 9.68. The summed E-state index contributed by atoms with van der Waals surface area (Å²) in [6.45, 7) is 3.97. The van der Waals surface area contributed by atoms with Gasteiger partial charge in [0.2, 0.25) is 0 Å². The minimum absolute atomic E-state index is 0.212. The van der Waals surface area contributed by atoms with Gasteiger partial charge in [0.25, 0.3) is 0 Å². The van der Waals surface area contributed by atoms with Crippen molar-refractivity contribution in [2.45, 2.75) is 52.4 Å². The molecule has 0 spiro atoms. The van der Waals surface area contributed by atoms with E-state index >= 15 is 0 Å². The summed E-state index contributed by atoms with van der Waals surface area (Å²) >= 11 is 0. The third-order valence-corrected chi connectivity index (χ3v) is 2.72. The van der Waals surface area contributed by atoms with Gasteiger partial charge in [-0.3, -0.25) is 4.79 Å². The van der Waals surface area contributed by atoms with Gasteiger partial charge in [-0.2, -0.15) is 0 Å². The van der Waals surface area contributed by atoms with Gasteiger partial charge in [-0.25, -0.2) is 0 Å². The number of carbonyl (C=O) groups is 1. The highest BCUT2D eigenvalue weighted by atomic mass is 16.1. The van der Waals surface area contributed by atoms with Crippen molar-refractivity contribution >= 4 is 5.78 Å². The first-order valence-corrected chi connectivity index (χ1v) is 5.41. The second-order valence-corrected chi connectivity index (χ2v) is 4.23. The van der Waals surface area contributed by atoms with Gasteiger partial charge in [-0.15, -0.1) is 0 Å². The Kier molecular flexibility index (Phi) is 4.20. The monoisotopic (exact) mass is 180 g/mol. The topological polar surface area (TPSA) is 17.1 Å². The second-order valence-electron chi connectivity index (χ2n) is 4.23. The summed E-state index contributed by atoms with van der Waals surface area (Å²) in [5, 5.41) is 0. The van der Waals surface area contributed by atoms with Crippen molar-refractivity contribution in [2.24, 2.45) is 5.92 Å². The summed E-state index contributed by atoms with van der Waals surface area (Å²) in [6, 6.07) is 0. The van der Waals surface area contributed by atoms with Crippen LogP contribution in [0.1, 0.15) is 52.4 Å². The SMILES string of the molecule is CC(C)C(=O)CCC1=CCCCC1. The van der Waals surface area contributed by atoms with Crippen molar-refractivity contribution in [1.29, 1.82) is 0 Å². The van der Waals surface area contributed by atoms with E-state index in [2.05, 4.69) is 6.08 Å². The molecule has 13 heavy (non-hydrogen) atoms. The Labute approximate surface area is 81.2 Å². The maximum absolute atomic E-state index is 11.4. The molecule has 1 aliphatic carbocycles. The lowest BCUT2D eigenvalue weighted by Crippen LogP contribution is -2.07. The Hall–Kier alpha value is -0.590. The molecule has 0 fully saturated rings. The fraction of sp³-hybridized carbons (Fsp3) is 0.750. The molecule has 1 heteroatoms. The summed E-state index contributed by atoms with van der Waals surface area (Å²) in [5.41, 5.74) is 1.51. The lowest BCUT2D eigenvalue weighted by molar-refractivity contribution is -0.121. The number of rotatable bonds is 4. The summed E-state index contributed by atoms with van der Waals surface area (Å²) in [6.07, 6.45) is 9.21. The van der Waals surface area contributed by atoms with Gasteiger partial charge in [0.15, 0.2) is 0 Å². The van der Waals surface area contributed by atoms with Crippen molar-refractivity contribution in [3.8, 4) is 0 Å². The zero-order valence-electron chi connectivity index (χ0n) is 8.81. The molecule has 0 aromatic carbocycles. The highest BCUT2D eigenvalue weighted by molar-refractivity contribution is 5.80. The third kappa shape index (κ3) is 3.75. The minimum atomic E-state index is 0.212. The quantitative estimate of drug-likeness (QED) is 0.605. The van der Waals surface area contributed by atoms with Gasteiger partial charge in [-0.1, -0.05) is 25.5 Å². The van der Waals surface area contributed by atoms with Crippen molar-refractivity contribution in [3.05, 3.63) is 11.6 Å². The Morgan fingerprint density at radius 1 is 1.46 bits per heavy atom. The average Bonchev–Trinajstić information content (AvgIpc) is 2.15. The van der Waals surface area contributed by atoms with Crippen LogP contribution in [0.3, 0.4) is 0 Å². The van der Waals surface area contributed by atoms with Crippen LogP contribution >= 0.6 is 0 Å². The number of hydrogen-bond acceptors (Lipinski definition) is 1. The predicted molar refractivity (Wildman–Crippen MR) is 55.6 cm³/mol. The number of carbonyl (C=O) groups excluding carboxylic acids is 1. The molecule has 0 heterocycles. The van der Waals surface area contributed by atoms with Gasteiger partial charge in [0, 0.05) is 12.3 Å². The van der Waals surface area contributed by atoms with E-state index in [1.807, 2.05) is 13.8 Å². The van der Waals surface area contributed by atoms with Crippen molar-refractivity contribution in [3.63, 3.8) is 0 Å². The molecule has 0 amide bonds. The van der Waals surface area contributed by atoms with Crippen LogP contribution in [0.2, 0.25) is 0 Å². The van der Waals surface area contributed by atoms with Crippen LogP contribution < -0.4 is 0 Å². The lowest BCUT2D eigenvalue weighted by atomic mass is 9.93.